The fourth-order valence-electron chi connectivity index (χ4n) is 3.91. The van der Waals surface area contributed by atoms with Crippen molar-refractivity contribution in [3.63, 3.8) is 0 Å². The van der Waals surface area contributed by atoms with Crippen LogP contribution in [0.1, 0.15) is 47.0 Å². The molecule has 0 atom stereocenters. The van der Waals surface area contributed by atoms with E-state index in [1.807, 2.05) is 6.92 Å². The molecule has 0 bridgehead atoms. The maximum atomic E-state index is 13.0. The molecule has 12 nitrogen and oxygen atoms in total. The normalized spacial score (nSPS) is 12.8. The van der Waals surface area contributed by atoms with Crippen LogP contribution in [-0.2, 0) is 4.74 Å². The van der Waals surface area contributed by atoms with Crippen LogP contribution in [0.4, 0.5) is 17.1 Å². The van der Waals surface area contributed by atoms with Gasteiger partial charge in [-0.25, -0.2) is 4.79 Å². The third kappa shape index (κ3) is 4.24. The molecule has 178 valence electrons. The van der Waals surface area contributed by atoms with Crippen molar-refractivity contribution in [2.75, 3.05) is 6.61 Å². The van der Waals surface area contributed by atoms with E-state index in [9.17, 15) is 35.1 Å². The van der Waals surface area contributed by atoms with Gasteiger partial charge in [-0.3, -0.25) is 30.3 Å². The van der Waals surface area contributed by atoms with E-state index in [0.717, 1.165) is 24.6 Å². The minimum atomic E-state index is -0.892. The number of hydrogen-bond donors (Lipinski definition) is 0. The van der Waals surface area contributed by atoms with E-state index in [1.54, 1.807) is 12.1 Å². The number of furan rings is 1. The zero-order chi connectivity index (χ0) is 25.3. The molecule has 12 heteroatoms. The molecule has 1 aromatic heterocycles. The highest BCUT2D eigenvalue weighted by atomic mass is 16.6. The summed E-state index contributed by atoms with van der Waals surface area (Å²) >= 11 is 0. The monoisotopic (exact) mass is 479 g/mol. The lowest BCUT2D eigenvalue weighted by atomic mass is 9.97. The zero-order valence-electron chi connectivity index (χ0n) is 18.3. The Labute approximate surface area is 196 Å². The molecule has 0 fully saturated rings. The molecular formula is C23H17N3O9. The van der Waals surface area contributed by atoms with Crippen molar-refractivity contribution in [1.82, 2.24) is 0 Å². The number of carbonyl (C=O) groups excluding carboxylic acids is 1. The molecule has 35 heavy (non-hydrogen) atoms. The number of nitro groups is 3. The molecule has 0 aliphatic heterocycles. The molecule has 1 aliphatic rings. The molecular weight excluding hydrogens is 462 g/mol. The summed E-state index contributed by atoms with van der Waals surface area (Å²) in [7, 11) is 0. The molecule has 4 rings (SSSR count). The lowest BCUT2D eigenvalue weighted by Crippen LogP contribution is -2.09. The summed E-state index contributed by atoms with van der Waals surface area (Å²) in [6.45, 7) is 1.94. The summed E-state index contributed by atoms with van der Waals surface area (Å²) in [6, 6.07) is 7.26. The Morgan fingerprint density at radius 1 is 0.971 bits per heavy atom. The molecule has 1 heterocycles. The maximum absolute atomic E-state index is 13.0. The molecule has 0 saturated carbocycles. The fourth-order valence-corrected chi connectivity index (χ4v) is 3.91. The molecule has 2 aromatic carbocycles. The zero-order valence-corrected chi connectivity index (χ0v) is 18.3. The Hall–Kier alpha value is -4.87. The summed E-state index contributed by atoms with van der Waals surface area (Å²) in [4.78, 5) is 45.9. The molecule has 3 aromatic rings. The molecule has 0 amide bonds. The predicted octanol–water partition coefficient (Wildman–Crippen LogP) is 5.53. The van der Waals surface area contributed by atoms with Gasteiger partial charge in [0.1, 0.15) is 5.76 Å². The van der Waals surface area contributed by atoms with Crippen LogP contribution < -0.4 is 0 Å². The van der Waals surface area contributed by atoms with E-state index in [0.29, 0.717) is 12.2 Å². The van der Waals surface area contributed by atoms with Gasteiger partial charge in [-0.1, -0.05) is 13.3 Å². The van der Waals surface area contributed by atoms with Crippen molar-refractivity contribution in [1.29, 1.82) is 0 Å². The highest BCUT2D eigenvalue weighted by molar-refractivity contribution is 6.14. The highest BCUT2D eigenvalue weighted by Gasteiger charge is 2.38. The van der Waals surface area contributed by atoms with Crippen LogP contribution in [0.25, 0.3) is 22.8 Å². The van der Waals surface area contributed by atoms with E-state index >= 15 is 0 Å². The number of nitrogens with zero attached hydrogens (tertiary/aromatic N) is 3. The summed E-state index contributed by atoms with van der Waals surface area (Å²) < 4.78 is 10.6. The van der Waals surface area contributed by atoms with E-state index in [1.165, 1.54) is 18.4 Å². The van der Waals surface area contributed by atoms with Crippen LogP contribution in [0.15, 0.2) is 47.1 Å². The van der Waals surface area contributed by atoms with Crippen LogP contribution in [-0.4, -0.2) is 27.3 Å². The molecule has 0 unspecified atom stereocenters. The lowest BCUT2D eigenvalue weighted by Gasteiger charge is -2.10. The van der Waals surface area contributed by atoms with Gasteiger partial charge in [0.25, 0.3) is 17.1 Å². The van der Waals surface area contributed by atoms with Gasteiger partial charge in [0, 0.05) is 29.3 Å². The second kappa shape index (κ2) is 9.17. The number of nitro benzene ring substituents is 3. The number of carbonyl (C=O) groups is 1. The topological polar surface area (TPSA) is 169 Å². The van der Waals surface area contributed by atoms with E-state index in [-0.39, 0.29) is 40.0 Å². The quantitative estimate of drug-likeness (QED) is 0.136. The number of ether oxygens (including phenoxy) is 1. The maximum Gasteiger partial charge on any atom is 0.339 e. The van der Waals surface area contributed by atoms with Crippen molar-refractivity contribution < 1.29 is 28.7 Å². The van der Waals surface area contributed by atoms with Crippen molar-refractivity contribution in [2.24, 2.45) is 0 Å². The van der Waals surface area contributed by atoms with Crippen LogP contribution in [0.3, 0.4) is 0 Å². The first-order chi connectivity index (χ1) is 16.7. The Morgan fingerprint density at radius 2 is 1.63 bits per heavy atom. The minimum absolute atomic E-state index is 0.0338. The van der Waals surface area contributed by atoms with Crippen LogP contribution in [0, 0.1) is 30.3 Å². The van der Waals surface area contributed by atoms with Gasteiger partial charge in [0.05, 0.1) is 44.8 Å². The SMILES string of the molecule is CCCCOC(=O)c1cc([N+](=O)[O-])cc2c1-c1c(cc([N+](=O)[O-])cc1[N+](=O)[O-])C2=Cc1ccco1. The molecule has 0 N–H and O–H groups in total. The molecule has 0 spiro atoms. The highest BCUT2D eigenvalue weighted by Crippen LogP contribution is 2.53. The van der Waals surface area contributed by atoms with Crippen molar-refractivity contribution >= 4 is 34.7 Å². The summed E-state index contributed by atoms with van der Waals surface area (Å²) in [6.07, 6.45) is 4.11. The van der Waals surface area contributed by atoms with Crippen molar-refractivity contribution in [2.45, 2.75) is 19.8 Å². The molecule has 1 aliphatic carbocycles. The Balaban J connectivity index is 2.09. The largest absolute Gasteiger partial charge is 0.465 e. The van der Waals surface area contributed by atoms with Crippen LogP contribution >= 0.6 is 0 Å². The van der Waals surface area contributed by atoms with Crippen molar-refractivity contribution in [3.8, 4) is 11.1 Å². The van der Waals surface area contributed by atoms with Gasteiger partial charge in [-0.15, -0.1) is 0 Å². The van der Waals surface area contributed by atoms with Crippen LogP contribution in [0.2, 0.25) is 0 Å². The Bertz CT molecular complexity index is 1410. The predicted molar refractivity (Wildman–Crippen MR) is 123 cm³/mol. The smallest absolute Gasteiger partial charge is 0.339 e. The molecule has 0 radical (unpaired) electrons. The Kier molecular flexibility index (Phi) is 6.10. The van der Waals surface area contributed by atoms with E-state index < -0.39 is 37.8 Å². The van der Waals surface area contributed by atoms with Gasteiger partial charge in [0.15, 0.2) is 0 Å². The standard InChI is InChI=1S/C23H17N3O9/c1-2-3-6-35-23(27)19-10-13(24(28)29)8-17-16(12-15-5-4-7-34-15)18-9-14(25(30)31)11-20(26(32)33)22(18)21(17)19/h4-5,7-12H,2-3,6H2,1H3. The number of rotatable bonds is 8. The summed E-state index contributed by atoms with van der Waals surface area (Å²) in [5.41, 5.74) is -1.49. The number of fused-ring (bicyclic) bond motifs is 3. The van der Waals surface area contributed by atoms with Gasteiger partial charge in [-0.2, -0.15) is 0 Å². The van der Waals surface area contributed by atoms with Gasteiger partial charge in [-0.05, 0) is 35.8 Å². The second-order valence-electron chi connectivity index (χ2n) is 7.64. The minimum Gasteiger partial charge on any atom is -0.465 e. The third-order valence-corrected chi connectivity index (χ3v) is 5.45. The van der Waals surface area contributed by atoms with Gasteiger partial charge >= 0.3 is 5.97 Å². The Morgan fingerprint density at radius 3 is 2.20 bits per heavy atom. The average molecular weight is 479 g/mol. The number of benzene rings is 2. The van der Waals surface area contributed by atoms with E-state index in [4.69, 9.17) is 9.15 Å². The number of hydrogen-bond acceptors (Lipinski definition) is 9. The summed E-state index contributed by atoms with van der Waals surface area (Å²) in [5, 5.41) is 35.1. The first-order valence-electron chi connectivity index (χ1n) is 10.5. The number of unbranched alkanes of at least 4 members (excludes halogenated alkanes) is 1. The number of non-ortho nitro benzene ring substituents is 2. The van der Waals surface area contributed by atoms with Gasteiger partial charge < -0.3 is 9.15 Å². The van der Waals surface area contributed by atoms with Crippen LogP contribution in [0.5, 0.6) is 0 Å². The van der Waals surface area contributed by atoms with E-state index in [2.05, 4.69) is 0 Å². The van der Waals surface area contributed by atoms with Gasteiger partial charge in [0.2, 0.25) is 0 Å². The number of esters is 1. The molecule has 0 saturated heterocycles. The summed E-state index contributed by atoms with van der Waals surface area (Å²) in [5.74, 6) is -0.595. The first-order valence-corrected chi connectivity index (χ1v) is 10.5. The third-order valence-electron chi connectivity index (χ3n) is 5.45. The van der Waals surface area contributed by atoms with Crippen molar-refractivity contribution in [3.05, 3.63) is 95.5 Å². The average Bonchev–Trinajstić information content (AvgIpc) is 3.44. The fraction of sp³-hybridized carbons (Fsp3) is 0.174. The first kappa shape index (κ1) is 23.3. The second-order valence-corrected chi connectivity index (χ2v) is 7.64. The lowest BCUT2D eigenvalue weighted by molar-refractivity contribution is -0.393.